The Kier molecular flexibility index (Phi) is 6.15. The van der Waals surface area contributed by atoms with Gasteiger partial charge >= 0.3 is 0 Å². The van der Waals surface area contributed by atoms with Crippen LogP contribution < -0.4 is 0 Å². The molecule has 0 aliphatic heterocycles. The summed E-state index contributed by atoms with van der Waals surface area (Å²) in [5, 5.41) is 20.3. The molecule has 30 heavy (non-hydrogen) atoms. The average molecular weight is 423 g/mol. The lowest BCUT2D eigenvalue weighted by atomic mass is 9.44. The van der Waals surface area contributed by atoms with Crippen LogP contribution in [0.3, 0.4) is 0 Å². The van der Waals surface area contributed by atoms with Crippen molar-refractivity contribution in [1.29, 1.82) is 0 Å². The van der Waals surface area contributed by atoms with Gasteiger partial charge in [-0.3, -0.25) is 0 Å². The SMILES string of the molecule is C[C@H](CCCC(C)(C)O)[C@H]1CC[C@H]2[C@@H]3CC(F)[C@H]4C[C@@H](O)CC[C@]4(C)[C@H]3CC[C@]12C. The van der Waals surface area contributed by atoms with Crippen LogP contribution >= 0.6 is 0 Å². The highest BCUT2D eigenvalue weighted by molar-refractivity contribution is 5.11. The molecule has 0 bridgehead atoms. The Morgan fingerprint density at radius 3 is 2.33 bits per heavy atom. The molecule has 0 aromatic rings. The molecule has 4 fully saturated rings. The predicted octanol–water partition coefficient (Wildman–Crippen LogP) is 6.53. The monoisotopic (exact) mass is 422 g/mol. The van der Waals surface area contributed by atoms with E-state index >= 15 is 4.39 Å². The van der Waals surface area contributed by atoms with E-state index in [2.05, 4.69) is 20.8 Å². The average Bonchev–Trinajstić information content (AvgIpc) is 3.00. The second-order valence-corrected chi connectivity index (χ2v) is 13.1. The van der Waals surface area contributed by atoms with Crippen LogP contribution in [0.2, 0.25) is 0 Å². The maximum absolute atomic E-state index is 15.5. The minimum absolute atomic E-state index is 0.0739. The first kappa shape index (κ1) is 23.0. The molecule has 4 aliphatic carbocycles. The zero-order valence-corrected chi connectivity index (χ0v) is 20.2. The van der Waals surface area contributed by atoms with Crippen LogP contribution in [0.5, 0.6) is 0 Å². The maximum atomic E-state index is 15.5. The number of rotatable bonds is 5. The Hall–Kier alpha value is -0.150. The molecule has 0 radical (unpaired) electrons. The Bertz CT molecular complexity index is 614. The molecule has 1 unspecified atom stereocenters. The van der Waals surface area contributed by atoms with Gasteiger partial charge in [-0.2, -0.15) is 0 Å². The third-order valence-corrected chi connectivity index (χ3v) is 10.8. The van der Waals surface area contributed by atoms with Gasteiger partial charge < -0.3 is 10.2 Å². The number of hydrogen-bond donors (Lipinski definition) is 2. The quantitative estimate of drug-likeness (QED) is 0.529. The van der Waals surface area contributed by atoms with Gasteiger partial charge in [-0.05, 0) is 118 Å². The van der Waals surface area contributed by atoms with Gasteiger partial charge in [0.25, 0.3) is 0 Å². The van der Waals surface area contributed by atoms with E-state index in [0.717, 1.165) is 38.0 Å². The first-order valence-electron chi connectivity index (χ1n) is 13.0. The van der Waals surface area contributed by atoms with Crippen LogP contribution in [-0.4, -0.2) is 28.1 Å². The molecular formula is C27H47FO2. The standard InChI is InChI=1S/C27H47FO2/c1-17(7-6-12-25(2,3)30)20-8-9-21-19-16-24(28)23-15-18(29)10-13-27(23,5)22(19)11-14-26(20,21)4/h17-24,29-30H,6-16H2,1-5H3/t17-,18+,19+,20-,21+,22+,23-,24?,26-,27-/m1/s1. The molecule has 4 rings (SSSR count). The van der Waals surface area contributed by atoms with Gasteiger partial charge in [-0.15, -0.1) is 0 Å². The molecule has 0 saturated heterocycles. The number of halogens is 1. The molecule has 0 aromatic carbocycles. The molecule has 10 atom stereocenters. The van der Waals surface area contributed by atoms with Crippen LogP contribution in [0.1, 0.15) is 105 Å². The van der Waals surface area contributed by atoms with Crippen LogP contribution in [0, 0.1) is 46.3 Å². The topological polar surface area (TPSA) is 40.5 Å². The van der Waals surface area contributed by atoms with Gasteiger partial charge in [0.2, 0.25) is 0 Å². The number of aliphatic hydroxyl groups is 2. The Morgan fingerprint density at radius 1 is 0.967 bits per heavy atom. The lowest BCUT2D eigenvalue weighted by Crippen LogP contribution is -2.57. The minimum Gasteiger partial charge on any atom is -0.393 e. The van der Waals surface area contributed by atoms with Gasteiger partial charge in [0.05, 0.1) is 11.7 Å². The van der Waals surface area contributed by atoms with E-state index in [1.165, 1.54) is 32.1 Å². The smallest absolute Gasteiger partial charge is 0.104 e. The minimum atomic E-state index is -0.725. The second kappa shape index (κ2) is 8.01. The Morgan fingerprint density at radius 2 is 1.63 bits per heavy atom. The fourth-order valence-electron chi connectivity index (χ4n) is 9.26. The molecule has 174 valence electrons. The van der Waals surface area contributed by atoms with Crippen LogP contribution in [0.4, 0.5) is 4.39 Å². The fraction of sp³-hybridized carbons (Fsp3) is 1.00. The number of alkyl halides is 1. The molecule has 0 heterocycles. The first-order chi connectivity index (χ1) is 14.0. The van der Waals surface area contributed by atoms with E-state index in [1.54, 1.807) is 0 Å². The van der Waals surface area contributed by atoms with Crippen molar-refractivity contribution in [2.24, 2.45) is 46.3 Å². The zero-order valence-electron chi connectivity index (χ0n) is 20.2. The van der Waals surface area contributed by atoms with Gasteiger partial charge in [0.15, 0.2) is 0 Å². The summed E-state index contributed by atoms with van der Waals surface area (Å²) in [4.78, 5) is 0. The molecule has 2 nitrogen and oxygen atoms in total. The van der Waals surface area contributed by atoms with Crippen molar-refractivity contribution in [2.45, 2.75) is 123 Å². The van der Waals surface area contributed by atoms with E-state index in [0.29, 0.717) is 35.5 Å². The van der Waals surface area contributed by atoms with Gasteiger partial charge in [0.1, 0.15) is 6.17 Å². The van der Waals surface area contributed by atoms with Crippen molar-refractivity contribution < 1.29 is 14.6 Å². The second-order valence-electron chi connectivity index (χ2n) is 13.1. The molecule has 4 saturated carbocycles. The summed E-state index contributed by atoms with van der Waals surface area (Å²) >= 11 is 0. The van der Waals surface area contributed by atoms with Crippen LogP contribution in [0.25, 0.3) is 0 Å². The van der Waals surface area contributed by atoms with Crippen molar-refractivity contribution in [3.63, 3.8) is 0 Å². The van der Waals surface area contributed by atoms with Crippen molar-refractivity contribution >= 4 is 0 Å². The molecular weight excluding hydrogens is 375 g/mol. The fourth-order valence-corrected chi connectivity index (χ4v) is 9.26. The van der Waals surface area contributed by atoms with Gasteiger partial charge in [0, 0.05) is 0 Å². The summed E-state index contributed by atoms with van der Waals surface area (Å²) in [6.07, 6.45) is 10.7. The summed E-state index contributed by atoms with van der Waals surface area (Å²) in [5.41, 5.74) is -0.0938. The Balaban J connectivity index is 1.48. The van der Waals surface area contributed by atoms with Gasteiger partial charge in [-0.1, -0.05) is 33.6 Å². The highest BCUT2D eigenvalue weighted by Crippen LogP contribution is 2.68. The lowest BCUT2D eigenvalue weighted by Gasteiger charge is -2.62. The largest absolute Gasteiger partial charge is 0.393 e. The summed E-state index contributed by atoms with van der Waals surface area (Å²) in [6, 6.07) is 0. The Labute approximate surface area is 184 Å². The predicted molar refractivity (Wildman–Crippen MR) is 121 cm³/mol. The van der Waals surface area contributed by atoms with E-state index < -0.39 is 11.8 Å². The van der Waals surface area contributed by atoms with E-state index in [4.69, 9.17) is 0 Å². The normalized spacial score (nSPS) is 49.8. The summed E-state index contributed by atoms with van der Waals surface area (Å²) in [7, 11) is 0. The zero-order chi connectivity index (χ0) is 21.9. The molecule has 3 heteroatoms. The molecule has 0 aromatic heterocycles. The summed E-state index contributed by atoms with van der Waals surface area (Å²) in [5.74, 6) is 3.40. The highest BCUT2D eigenvalue weighted by atomic mass is 19.1. The molecule has 4 aliphatic rings. The third-order valence-electron chi connectivity index (χ3n) is 10.8. The maximum Gasteiger partial charge on any atom is 0.104 e. The molecule has 2 N–H and O–H groups in total. The molecule has 0 amide bonds. The number of fused-ring (bicyclic) bond motifs is 5. The van der Waals surface area contributed by atoms with Gasteiger partial charge in [-0.25, -0.2) is 4.39 Å². The van der Waals surface area contributed by atoms with Crippen molar-refractivity contribution in [1.82, 2.24) is 0 Å². The van der Waals surface area contributed by atoms with Crippen molar-refractivity contribution in [3.8, 4) is 0 Å². The summed E-state index contributed by atoms with van der Waals surface area (Å²) < 4.78 is 15.5. The summed E-state index contributed by atoms with van der Waals surface area (Å²) in [6.45, 7) is 11.2. The number of hydrogen-bond acceptors (Lipinski definition) is 2. The van der Waals surface area contributed by atoms with Crippen molar-refractivity contribution in [3.05, 3.63) is 0 Å². The van der Waals surface area contributed by atoms with Crippen LogP contribution in [-0.2, 0) is 0 Å². The van der Waals surface area contributed by atoms with E-state index in [1.807, 2.05) is 13.8 Å². The lowest BCUT2D eigenvalue weighted by molar-refractivity contribution is -0.156. The third kappa shape index (κ3) is 3.89. The van der Waals surface area contributed by atoms with Crippen LogP contribution in [0.15, 0.2) is 0 Å². The molecule has 0 spiro atoms. The number of aliphatic hydroxyl groups excluding tert-OH is 1. The van der Waals surface area contributed by atoms with E-state index in [9.17, 15) is 10.2 Å². The highest BCUT2D eigenvalue weighted by Gasteiger charge is 2.62. The van der Waals surface area contributed by atoms with Crippen molar-refractivity contribution in [2.75, 3.05) is 0 Å². The first-order valence-corrected chi connectivity index (χ1v) is 13.0. The van der Waals surface area contributed by atoms with E-state index in [-0.39, 0.29) is 17.4 Å².